The van der Waals surface area contributed by atoms with Crippen LogP contribution in [-0.4, -0.2) is 0 Å². The topological polar surface area (TPSA) is 17.1 Å². The van der Waals surface area contributed by atoms with Gasteiger partial charge < -0.3 is 4.57 Å². The first-order valence-electron chi connectivity index (χ1n) is 0.454. The molecule has 0 bridgehead atoms. The van der Waals surface area contributed by atoms with E-state index in [4.69, 9.17) is 4.57 Å². The van der Waals surface area contributed by atoms with Crippen molar-refractivity contribution in [2.45, 2.75) is 0 Å². The van der Waals surface area contributed by atoms with Crippen LogP contribution in [0.1, 0.15) is 0 Å². The molecular weight excluding hydrogens is 162 g/mol. The SMILES string of the molecule is Cl.O=[PH2]Br. The first kappa shape index (κ1) is 8.89. The maximum absolute atomic E-state index is 8.93. The molecule has 1 unspecified atom stereocenters. The van der Waals surface area contributed by atoms with E-state index in [1.54, 1.807) is 0 Å². The minimum absolute atomic E-state index is 0. The molecule has 0 aliphatic rings. The Morgan fingerprint density at radius 1 is 1.75 bits per heavy atom. The molecule has 0 saturated carbocycles. The van der Waals surface area contributed by atoms with Gasteiger partial charge in [-0.05, 0) is 15.5 Å². The lowest BCUT2D eigenvalue weighted by Gasteiger charge is -1.24. The molecule has 0 aromatic carbocycles. The third-order valence-corrected chi connectivity index (χ3v) is 0. The average Bonchev–Trinajstić information content (AvgIpc) is 0.918. The van der Waals surface area contributed by atoms with Gasteiger partial charge in [-0.1, -0.05) is 0 Å². The third-order valence-electron chi connectivity index (χ3n) is 0. The first-order chi connectivity index (χ1) is 1.41. The van der Waals surface area contributed by atoms with E-state index < -0.39 is 7.16 Å². The molecule has 0 aliphatic heterocycles. The van der Waals surface area contributed by atoms with Crippen LogP contribution in [0, 0.1) is 0 Å². The van der Waals surface area contributed by atoms with E-state index in [0.29, 0.717) is 0 Å². The minimum atomic E-state index is -0.688. The van der Waals surface area contributed by atoms with Gasteiger partial charge in [0.2, 0.25) is 0 Å². The summed E-state index contributed by atoms with van der Waals surface area (Å²) in [5.41, 5.74) is 0. The summed E-state index contributed by atoms with van der Waals surface area (Å²) in [6.07, 6.45) is 0. The predicted molar refractivity (Wildman–Crippen MR) is 26.6 cm³/mol. The van der Waals surface area contributed by atoms with Crippen molar-refractivity contribution in [3.63, 3.8) is 0 Å². The van der Waals surface area contributed by atoms with Crippen molar-refractivity contribution in [1.29, 1.82) is 0 Å². The zero-order valence-corrected chi connectivity index (χ0v) is 5.33. The van der Waals surface area contributed by atoms with Gasteiger partial charge in [-0.25, -0.2) is 0 Å². The number of hydrogen-bond donors (Lipinski definition) is 0. The molecule has 0 aromatic heterocycles. The van der Waals surface area contributed by atoms with Gasteiger partial charge in [-0.2, -0.15) is 0 Å². The van der Waals surface area contributed by atoms with Crippen molar-refractivity contribution < 1.29 is 4.57 Å². The van der Waals surface area contributed by atoms with Crippen LogP contribution in [0.2, 0.25) is 0 Å². The molecule has 0 heterocycles. The fourth-order valence-corrected chi connectivity index (χ4v) is 0. The quantitative estimate of drug-likeness (QED) is 0.497. The van der Waals surface area contributed by atoms with Gasteiger partial charge in [0.15, 0.2) is 0 Å². The summed E-state index contributed by atoms with van der Waals surface area (Å²) >= 11 is 2.67. The van der Waals surface area contributed by atoms with Gasteiger partial charge >= 0.3 is 0 Å². The highest BCUT2D eigenvalue weighted by molar-refractivity contribution is 9.35. The van der Waals surface area contributed by atoms with E-state index in [0.717, 1.165) is 0 Å². The lowest BCUT2D eigenvalue weighted by atomic mass is 16.0. The number of hydrogen-bond acceptors (Lipinski definition) is 1. The summed E-state index contributed by atoms with van der Waals surface area (Å²) in [6.45, 7) is 0. The zero-order valence-electron chi connectivity index (χ0n) is 1.77. The molecule has 4 heteroatoms. The second kappa shape index (κ2) is 9.00. The molecule has 0 aliphatic carbocycles. The fraction of sp³-hybridized carbons (Fsp3) is 0. The Bertz CT molecular complexity index is 15.5. The van der Waals surface area contributed by atoms with Crippen LogP contribution >= 0.6 is 35.1 Å². The van der Waals surface area contributed by atoms with Crippen molar-refractivity contribution in [1.82, 2.24) is 0 Å². The summed E-state index contributed by atoms with van der Waals surface area (Å²) in [6, 6.07) is 0. The standard InChI is InChI=1S/BrH2OP.ClH/c1-3-2;/h3H2;1H. The summed E-state index contributed by atoms with van der Waals surface area (Å²) < 4.78 is 8.93. The van der Waals surface area contributed by atoms with E-state index in [1.807, 2.05) is 0 Å². The van der Waals surface area contributed by atoms with Gasteiger partial charge in [-0.3, -0.25) is 0 Å². The molecule has 1 atom stereocenters. The van der Waals surface area contributed by atoms with E-state index in [2.05, 4.69) is 15.5 Å². The Labute approximate surface area is 40.1 Å². The number of rotatable bonds is 0. The van der Waals surface area contributed by atoms with Crippen LogP contribution in [0.5, 0.6) is 0 Å². The van der Waals surface area contributed by atoms with Gasteiger partial charge in [0.1, 0.15) is 7.16 Å². The van der Waals surface area contributed by atoms with Gasteiger partial charge in [0, 0.05) is 0 Å². The van der Waals surface area contributed by atoms with Crippen LogP contribution in [0.4, 0.5) is 0 Å². The largest absolute Gasteiger partial charge is 0.318 e. The van der Waals surface area contributed by atoms with Crippen molar-refractivity contribution in [2.24, 2.45) is 0 Å². The Kier molecular flexibility index (Phi) is 20.0. The van der Waals surface area contributed by atoms with E-state index >= 15 is 0 Å². The van der Waals surface area contributed by atoms with Crippen LogP contribution in [0.3, 0.4) is 0 Å². The lowest BCUT2D eigenvalue weighted by Crippen LogP contribution is -0.681. The third kappa shape index (κ3) is 12.0. The summed E-state index contributed by atoms with van der Waals surface area (Å²) in [4.78, 5) is 0. The molecule has 4 heavy (non-hydrogen) atoms. The molecular formula is H3BrClOP. The first-order valence-corrected chi connectivity index (χ1v) is 4.11. The molecule has 0 amide bonds. The predicted octanol–water partition coefficient (Wildman–Crippen LogP) is 1.47. The average molecular weight is 165 g/mol. The summed E-state index contributed by atoms with van der Waals surface area (Å²) in [5, 5.41) is 0. The van der Waals surface area contributed by atoms with Crippen LogP contribution in [0.25, 0.3) is 0 Å². The molecule has 28 valence electrons. The molecule has 1 nitrogen and oxygen atoms in total. The Morgan fingerprint density at radius 3 is 1.75 bits per heavy atom. The molecule has 0 N–H and O–H groups in total. The van der Waals surface area contributed by atoms with Crippen LogP contribution in [0.15, 0.2) is 0 Å². The minimum Gasteiger partial charge on any atom is -0.318 e. The highest BCUT2D eigenvalue weighted by atomic mass is 79.9. The Balaban J connectivity index is 0. The second-order valence-corrected chi connectivity index (χ2v) is 1.39. The monoisotopic (exact) mass is 164 g/mol. The maximum Gasteiger partial charge on any atom is 0.125 e. The Hall–Kier alpha value is 1.00. The van der Waals surface area contributed by atoms with E-state index in [-0.39, 0.29) is 12.4 Å². The van der Waals surface area contributed by atoms with Gasteiger partial charge in [0.05, 0.1) is 0 Å². The van der Waals surface area contributed by atoms with E-state index in [9.17, 15) is 0 Å². The van der Waals surface area contributed by atoms with Crippen molar-refractivity contribution in [3.8, 4) is 0 Å². The maximum atomic E-state index is 8.93. The summed E-state index contributed by atoms with van der Waals surface area (Å²) in [5.74, 6) is 0. The van der Waals surface area contributed by atoms with Crippen molar-refractivity contribution in [2.75, 3.05) is 0 Å². The number of halogens is 2. The fourth-order valence-electron chi connectivity index (χ4n) is 0. The normalized spacial score (nSPS) is 7.25. The molecule has 0 rings (SSSR count). The zero-order chi connectivity index (χ0) is 2.71. The highest BCUT2D eigenvalue weighted by Gasteiger charge is 1.24. The lowest BCUT2D eigenvalue weighted by molar-refractivity contribution is 0.606. The van der Waals surface area contributed by atoms with Crippen molar-refractivity contribution >= 4 is 35.1 Å². The highest BCUT2D eigenvalue weighted by Crippen LogP contribution is 1.98. The smallest absolute Gasteiger partial charge is 0.125 e. The second-order valence-electron chi connectivity index (χ2n) is 0.0891. The van der Waals surface area contributed by atoms with Crippen LogP contribution in [-0.2, 0) is 4.57 Å². The van der Waals surface area contributed by atoms with Gasteiger partial charge in [-0.15, -0.1) is 12.4 Å². The molecule has 0 fully saturated rings. The molecule has 0 aromatic rings. The van der Waals surface area contributed by atoms with Crippen molar-refractivity contribution in [3.05, 3.63) is 0 Å². The molecule has 0 radical (unpaired) electrons. The summed E-state index contributed by atoms with van der Waals surface area (Å²) in [7, 11) is -0.688. The van der Waals surface area contributed by atoms with Crippen LogP contribution < -0.4 is 0 Å². The Morgan fingerprint density at radius 2 is 1.75 bits per heavy atom. The molecule has 0 saturated heterocycles. The van der Waals surface area contributed by atoms with E-state index in [1.165, 1.54) is 0 Å². The molecule has 0 spiro atoms. The van der Waals surface area contributed by atoms with Gasteiger partial charge in [0.25, 0.3) is 0 Å².